The van der Waals surface area contributed by atoms with E-state index in [4.69, 9.17) is 42.1 Å². The average molecular weight is 871 g/mol. The lowest BCUT2D eigenvalue weighted by atomic mass is 9.73. The summed E-state index contributed by atoms with van der Waals surface area (Å²) in [6, 6.07) is 12.3. The topological polar surface area (TPSA) is 121 Å². The number of unbranched alkanes of at least 4 members (excludes halogenated alkanes) is 2. The Kier molecular flexibility index (Phi) is 15.5. The Morgan fingerprint density at radius 2 is 1.75 bits per heavy atom. The molecule has 0 spiro atoms. The summed E-state index contributed by atoms with van der Waals surface area (Å²) in [7, 11) is 5.13. The maximum absolute atomic E-state index is 15.3. The van der Waals surface area contributed by atoms with Crippen LogP contribution in [0.1, 0.15) is 81.9 Å². The van der Waals surface area contributed by atoms with Gasteiger partial charge in [0.1, 0.15) is 23.3 Å². The molecule has 2 unspecified atom stereocenters. The molecule has 1 aliphatic carbocycles. The predicted octanol–water partition coefficient (Wildman–Crippen LogP) is 11.2. The van der Waals surface area contributed by atoms with Gasteiger partial charge >= 0.3 is 6.09 Å². The number of hydrogen-bond donors (Lipinski definition) is 1. The number of aromatic nitrogens is 1. The molecule has 13 heteroatoms. The SMILES string of the molecule is C=C(C)C1CCC(C)=CC1c1c(O)cc(CCCCC)cc1OC(=O)N(c1cc(OC)c(Cl)cc1Cl)c1c(C#N)cnc2cc(OCCCN3CCN(C)CC3)c(OC)cc12. The van der Waals surface area contributed by atoms with Gasteiger partial charge in [0.05, 0.1) is 53.3 Å². The lowest BCUT2D eigenvalue weighted by Crippen LogP contribution is -2.44. The Morgan fingerprint density at radius 1 is 1.00 bits per heavy atom. The van der Waals surface area contributed by atoms with Crippen molar-refractivity contribution in [2.45, 2.75) is 71.6 Å². The van der Waals surface area contributed by atoms with Crippen LogP contribution in [0.2, 0.25) is 10.0 Å². The number of aryl methyl sites for hydroxylation is 1. The highest BCUT2D eigenvalue weighted by Crippen LogP contribution is 2.49. The molecular formula is C48H57Cl2N5O6. The van der Waals surface area contributed by atoms with Gasteiger partial charge in [-0.15, -0.1) is 0 Å². The van der Waals surface area contributed by atoms with Crippen LogP contribution in [0.5, 0.6) is 28.7 Å². The maximum atomic E-state index is 15.3. The van der Waals surface area contributed by atoms with Crippen LogP contribution in [-0.4, -0.2) is 86.6 Å². The number of allylic oxidation sites excluding steroid dienone is 3. The van der Waals surface area contributed by atoms with Crippen LogP contribution in [0.25, 0.3) is 10.9 Å². The molecule has 1 N–H and O–H groups in total. The molecule has 0 radical (unpaired) electrons. The van der Waals surface area contributed by atoms with E-state index in [-0.39, 0.29) is 56.1 Å². The highest BCUT2D eigenvalue weighted by atomic mass is 35.5. The average Bonchev–Trinajstić information content (AvgIpc) is 3.23. The van der Waals surface area contributed by atoms with Crippen LogP contribution in [0.3, 0.4) is 0 Å². The van der Waals surface area contributed by atoms with Crippen molar-refractivity contribution in [1.29, 1.82) is 5.26 Å². The number of pyridine rings is 1. The van der Waals surface area contributed by atoms with Crippen LogP contribution in [-0.2, 0) is 6.42 Å². The molecule has 1 amide bonds. The minimum absolute atomic E-state index is 0.00550. The van der Waals surface area contributed by atoms with Crippen LogP contribution in [0.4, 0.5) is 16.2 Å². The number of nitrogens with zero attached hydrogens (tertiary/aromatic N) is 5. The fourth-order valence-corrected chi connectivity index (χ4v) is 8.88. The molecule has 0 bridgehead atoms. The largest absolute Gasteiger partial charge is 0.507 e. The van der Waals surface area contributed by atoms with E-state index in [2.05, 4.69) is 54.4 Å². The van der Waals surface area contributed by atoms with Crippen LogP contribution < -0.4 is 23.8 Å². The highest BCUT2D eigenvalue weighted by Gasteiger charge is 2.34. The Morgan fingerprint density at radius 3 is 2.44 bits per heavy atom. The van der Waals surface area contributed by atoms with Crippen molar-refractivity contribution in [1.82, 2.24) is 14.8 Å². The quantitative estimate of drug-likeness (QED) is 0.0860. The number of likely N-dealkylation sites (N-methyl/N-ethyl adjacent to an activating group) is 1. The molecule has 1 aliphatic heterocycles. The number of hydrogen-bond acceptors (Lipinski definition) is 10. The third-order valence-corrected chi connectivity index (χ3v) is 12.3. The molecule has 3 aromatic carbocycles. The molecule has 4 aromatic rings. The van der Waals surface area contributed by atoms with Gasteiger partial charge in [-0.3, -0.25) is 4.98 Å². The minimum Gasteiger partial charge on any atom is -0.507 e. The van der Waals surface area contributed by atoms with Gasteiger partial charge in [0.2, 0.25) is 0 Å². The molecule has 1 saturated heterocycles. The van der Waals surface area contributed by atoms with Gasteiger partial charge < -0.3 is 33.9 Å². The molecule has 2 heterocycles. The normalized spacial score (nSPS) is 17.1. The fraction of sp³-hybridized carbons (Fsp3) is 0.438. The zero-order chi connectivity index (χ0) is 43.8. The van der Waals surface area contributed by atoms with Gasteiger partial charge in [-0.05, 0) is 88.7 Å². The van der Waals surface area contributed by atoms with Gasteiger partial charge in [0, 0.05) is 67.9 Å². The third-order valence-electron chi connectivity index (χ3n) is 11.7. The van der Waals surface area contributed by atoms with E-state index in [9.17, 15) is 10.4 Å². The zero-order valence-electron chi connectivity index (χ0n) is 36.2. The highest BCUT2D eigenvalue weighted by molar-refractivity contribution is 6.38. The van der Waals surface area contributed by atoms with Gasteiger partial charge in [-0.25, -0.2) is 9.69 Å². The number of carbonyl (C=O) groups is 1. The molecule has 324 valence electrons. The van der Waals surface area contributed by atoms with Crippen molar-refractivity contribution >= 4 is 51.6 Å². The number of carbonyl (C=O) groups excluding carboxylic acids is 1. The number of amides is 1. The standard InChI is InChI=1S/C48H57Cl2N5O6/c1-8-9-10-12-32-22-41(56)46(35-21-31(4)13-14-34(35)30(2)3)45(23-32)61-48(57)55(40-27-42(58-6)38(50)25-37(40)49)47-33(28-51)29-52-39-26-44(43(59-7)24-36(39)47)60-20-11-15-54-18-16-53(5)17-19-54/h21-27,29,34-35,56H,2,8-20H2,1,3-7H3. The van der Waals surface area contributed by atoms with Crippen molar-refractivity contribution < 1.29 is 28.8 Å². The number of benzene rings is 3. The molecule has 1 fully saturated rings. The summed E-state index contributed by atoms with van der Waals surface area (Å²) in [5.74, 6) is 1.01. The number of fused-ring (bicyclic) bond motifs is 1. The maximum Gasteiger partial charge on any atom is 0.424 e. The Bertz CT molecular complexity index is 2320. The summed E-state index contributed by atoms with van der Waals surface area (Å²) < 4.78 is 24.2. The number of phenols is 1. The monoisotopic (exact) mass is 869 g/mol. The summed E-state index contributed by atoms with van der Waals surface area (Å²) in [5, 5.41) is 23.2. The van der Waals surface area contributed by atoms with Crippen LogP contribution >= 0.6 is 23.2 Å². The number of rotatable bonds is 16. The van der Waals surface area contributed by atoms with Crippen LogP contribution in [0.15, 0.2) is 66.4 Å². The number of piperazine rings is 1. The number of aromatic hydroxyl groups is 1. The van der Waals surface area contributed by atoms with E-state index in [0.717, 1.165) is 82.4 Å². The third kappa shape index (κ3) is 10.6. The predicted molar refractivity (Wildman–Crippen MR) is 244 cm³/mol. The summed E-state index contributed by atoms with van der Waals surface area (Å²) >= 11 is 13.5. The second-order valence-corrected chi connectivity index (χ2v) is 17.0. The second-order valence-electron chi connectivity index (χ2n) is 16.2. The molecule has 2 atom stereocenters. The minimum atomic E-state index is -0.895. The first-order chi connectivity index (χ1) is 29.4. The number of methoxy groups -OCH3 is 2. The van der Waals surface area contributed by atoms with E-state index in [1.807, 2.05) is 13.0 Å². The summed E-state index contributed by atoms with van der Waals surface area (Å²) in [6.07, 6.45) is 8.77. The van der Waals surface area contributed by atoms with Gasteiger partial charge in [0.15, 0.2) is 11.5 Å². The van der Waals surface area contributed by atoms with Gasteiger partial charge in [-0.1, -0.05) is 66.8 Å². The number of halogens is 2. The Hall–Kier alpha value is -4.99. The van der Waals surface area contributed by atoms with E-state index in [1.54, 1.807) is 18.2 Å². The van der Waals surface area contributed by atoms with E-state index < -0.39 is 6.09 Å². The first kappa shape index (κ1) is 45.5. The fourth-order valence-electron chi connectivity index (χ4n) is 8.34. The molecule has 61 heavy (non-hydrogen) atoms. The first-order valence-electron chi connectivity index (χ1n) is 21.0. The molecular weight excluding hydrogens is 813 g/mol. The van der Waals surface area contributed by atoms with E-state index in [1.165, 1.54) is 43.0 Å². The lowest BCUT2D eigenvalue weighted by molar-refractivity contribution is 0.145. The molecule has 0 saturated carbocycles. The first-order valence-corrected chi connectivity index (χ1v) is 21.8. The molecule has 1 aromatic heterocycles. The zero-order valence-corrected chi connectivity index (χ0v) is 37.7. The Labute approximate surface area is 370 Å². The Balaban J connectivity index is 1.48. The molecule has 11 nitrogen and oxygen atoms in total. The number of phenolic OH excluding ortho intramolecular Hbond substituents is 1. The van der Waals surface area contributed by atoms with Gasteiger partial charge in [0.25, 0.3) is 0 Å². The second kappa shape index (κ2) is 20.7. The van der Waals surface area contributed by atoms with Crippen molar-refractivity contribution in [2.24, 2.45) is 5.92 Å². The summed E-state index contributed by atoms with van der Waals surface area (Å²) in [6.45, 7) is 16.0. The van der Waals surface area contributed by atoms with E-state index >= 15 is 4.79 Å². The molecule has 6 rings (SSSR count). The number of nitriles is 1. The summed E-state index contributed by atoms with van der Waals surface area (Å²) in [4.78, 5) is 25.9. The van der Waals surface area contributed by atoms with Crippen LogP contribution in [0, 0.1) is 17.2 Å². The number of ether oxygens (including phenoxy) is 4. The van der Waals surface area contributed by atoms with Gasteiger partial charge in [-0.2, -0.15) is 5.26 Å². The van der Waals surface area contributed by atoms with E-state index in [0.29, 0.717) is 41.0 Å². The number of anilines is 2. The van der Waals surface area contributed by atoms with Crippen molar-refractivity contribution in [3.05, 3.63) is 93.1 Å². The smallest absolute Gasteiger partial charge is 0.424 e. The van der Waals surface area contributed by atoms with Crippen molar-refractivity contribution in [3.63, 3.8) is 0 Å². The molecule has 2 aliphatic rings. The van der Waals surface area contributed by atoms with Crippen molar-refractivity contribution in [3.8, 4) is 34.8 Å². The van der Waals surface area contributed by atoms with Crippen molar-refractivity contribution in [2.75, 3.05) is 65.5 Å². The summed E-state index contributed by atoms with van der Waals surface area (Å²) in [5.41, 5.74) is 4.21. The lowest BCUT2D eigenvalue weighted by Gasteiger charge is -2.32.